The summed E-state index contributed by atoms with van der Waals surface area (Å²) in [6.07, 6.45) is 1.08. The predicted molar refractivity (Wildman–Crippen MR) is 119 cm³/mol. The second kappa shape index (κ2) is 10.3. The first-order valence-corrected chi connectivity index (χ1v) is 10.6. The number of carbonyl (C=O) groups is 2. The summed E-state index contributed by atoms with van der Waals surface area (Å²) in [5.41, 5.74) is 2.86. The number of rotatable bonds is 6. The second-order valence-electron chi connectivity index (χ2n) is 7.53. The highest BCUT2D eigenvalue weighted by Gasteiger charge is 2.23. The first-order valence-electron chi connectivity index (χ1n) is 10.2. The Bertz CT molecular complexity index is 895. The third-order valence-electron chi connectivity index (χ3n) is 5.12. The Kier molecular flexibility index (Phi) is 7.57. The molecule has 30 heavy (non-hydrogen) atoms. The molecule has 1 aliphatic heterocycles. The van der Waals surface area contributed by atoms with Gasteiger partial charge in [-0.05, 0) is 61.7 Å². The predicted octanol–water partition coefficient (Wildman–Crippen LogP) is 4.49. The Labute approximate surface area is 182 Å². The van der Waals surface area contributed by atoms with Gasteiger partial charge in [0.15, 0.2) is 0 Å². The highest BCUT2D eigenvalue weighted by molar-refractivity contribution is 6.30. The molecular formula is C23H28ClN3O3. The number of piperazine rings is 1. The van der Waals surface area contributed by atoms with Crippen LogP contribution in [0, 0.1) is 13.8 Å². The summed E-state index contributed by atoms with van der Waals surface area (Å²) >= 11 is 5.95. The fourth-order valence-corrected chi connectivity index (χ4v) is 3.65. The molecule has 1 aliphatic rings. The lowest BCUT2D eigenvalue weighted by atomic mass is 10.2. The molecule has 1 heterocycles. The fourth-order valence-electron chi connectivity index (χ4n) is 3.42. The minimum Gasteiger partial charge on any atom is -0.493 e. The molecule has 2 aromatic carbocycles. The van der Waals surface area contributed by atoms with Crippen molar-refractivity contribution in [3.8, 4) is 5.75 Å². The van der Waals surface area contributed by atoms with Crippen LogP contribution in [-0.2, 0) is 4.79 Å². The highest BCUT2D eigenvalue weighted by Crippen LogP contribution is 2.22. The van der Waals surface area contributed by atoms with Gasteiger partial charge in [0.2, 0.25) is 5.91 Å². The number of carbonyl (C=O) groups excluding carboxylic acids is 2. The van der Waals surface area contributed by atoms with Gasteiger partial charge < -0.3 is 19.9 Å². The summed E-state index contributed by atoms with van der Waals surface area (Å²) in [6, 6.07) is 13.1. The van der Waals surface area contributed by atoms with E-state index in [9.17, 15) is 9.59 Å². The van der Waals surface area contributed by atoms with Gasteiger partial charge in [0.05, 0.1) is 6.61 Å². The maximum Gasteiger partial charge on any atom is 0.321 e. The molecule has 7 heteroatoms. The van der Waals surface area contributed by atoms with E-state index < -0.39 is 0 Å². The van der Waals surface area contributed by atoms with Crippen molar-refractivity contribution < 1.29 is 14.3 Å². The van der Waals surface area contributed by atoms with Crippen molar-refractivity contribution in [3.63, 3.8) is 0 Å². The zero-order chi connectivity index (χ0) is 21.5. The molecular weight excluding hydrogens is 402 g/mol. The molecule has 0 aliphatic carbocycles. The van der Waals surface area contributed by atoms with Gasteiger partial charge in [0.1, 0.15) is 5.75 Å². The van der Waals surface area contributed by atoms with Crippen LogP contribution in [0.4, 0.5) is 10.5 Å². The van der Waals surface area contributed by atoms with Crippen LogP contribution in [0.25, 0.3) is 0 Å². The number of ether oxygens (including phenoxy) is 1. The molecule has 0 spiro atoms. The van der Waals surface area contributed by atoms with E-state index in [1.807, 2.05) is 55.1 Å². The SMILES string of the molecule is Cc1cccc(NC(=O)N2CCN(C(=O)CCCOc3ccc(Cl)cc3C)CC2)c1. The van der Waals surface area contributed by atoms with E-state index in [2.05, 4.69) is 5.32 Å². The number of halogens is 1. The fraction of sp³-hybridized carbons (Fsp3) is 0.391. The average molecular weight is 430 g/mol. The number of nitrogens with zero attached hydrogens (tertiary/aromatic N) is 2. The lowest BCUT2D eigenvalue weighted by Gasteiger charge is -2.34. The second-order valence-corrected chi connectivity index (χ2v) is 7.97. The Morgan fingerprint density at radius 1 is 1.03 bits per heavy atom. The van der Waals surface area contributed by atoms with Crippen LogP contribution < -0.4 is 10.1 Å². The van der Waals surface area contributed by atoms with Crippen molar-refractivity contribution in [1.82, 2.24) is 9.80 Å². The lowest BCUT2D eigenvalue weighted by molar-refractivity contribution is -0.132. The van der Waals surface area contributed by atoms with Crippen LogP contribution in [-0.4, -0.2) is 54.5 Å². The number of hydrogen-bond acceptors (Lipinski definition) is 3. The highest BCUT2D eigenvalue weighted by atomic mass is 35.5. The molecule has 160 valence electrons. The molecule has 0 atom stereocenters. The summed E-state index contributed by atoms with van der Waals surface area (Å²) in [5, 5.41) is 3.60. The molecule has 3 rings (SSSR count). The Balaban J connectivity index is 1.37. The zero-order valence-corrected chi connectivity index (χ0v) is 18.2. The van der Waals surface area contributed by atoms with Crippen molar-refractivity contribution >= 4 is 29.2 Å². The van der Waals surface area contributed by atoms with Gasteiger partial charge in [-0.2, -0.15) is 0 Å². The molecule has 2 aromatic rings. The molecule has 0 aromatic heterocycles. The molecule has 3 amide bonds. The van der Waals surface area contributed by atoms with Crippen LogP contribution in [0.5, 0.6) is 5.75 Å². The van der Waals surface area contributed by atoms with Crippen LogP contribution >= 0.6 is 11.6 Å². The molecule has 0 saturated carbocycles. The number of aryl methyl sites for hydroxylation is 2. The van der Waals surface area contributed by atoms with E-state index in [0.717, 1.165) is 22.6 Å². The van der Waals surface area contributed by atoms with E-state index >= 15 is 0 Å². The van der Waals surface area contributed by atoms with Crippen molar-refractivity contribution in [3.05, 3.63) is 58.6 Å². The topological polar surface area (TPSA) is 61.9 Å². The first kappa shape index (κ1) is 22.0. The quantitative estimate of drug-likeness (QED) is 0.688. The number of hydrogen-bond donors (Lipinski definition) is 1. The molecule has 1 saturated heterocycles. The zero-order valence-electron chi connectivity index (χ0n) is 17.5. The minimum absolute atomic E-state index is 0.102. The molecule has 0 bridgehead atoms. The number of anilines is 1. The van der Waals surface area contributed by atoms with Crippen molar-refractivity contribution in [2.75, 3.05) is 38.1 Å². The average Bonchev–Trinajstić information content (AvgIpc) is 2.72. The number of amides is 3. The summed E-state index contributed by atoms with van der Waals surface area (Å²) in [6.45, 7) is 6.58. The number of urea groups is 1. The summed E-state index contributed by atoms with van der Waals surface area (Å²) in [5.74, 6) is 0.894. The molecule has 0 radical (unpaired) electrons. The maximum absolute atomic E-state index is 12.5. The van der Waals surface area contributed by atoms with Gasteiger partial charge in [-0.1, -0.05) is 23.7 Å². The summed E-state index contributed by atoms with van der Waals surface area (Å²) in [7, 11) is 0. The lowest BCUT2D eigenvalue weighted by Crippen LogP contribution is -2.51. The normalized spacial score (nSPS) is 13.8. The van der Waals surface area contributed by atoms with Gasteiger partial charge in [-0.3, -0.25) is 4.79 Å². The standard InChI is InChI=1S/C23H28ClN3O3/c1-17-5-3-6-20(15-17)25-23(29)27-12-10-26(11-13-27)22(28)7-4-14-30-21-9-8-19(24)16-18(21)2/h3,5-6,8-9,15-16H,4,7,10-14H2,1-2H3,(H,25,29). The monoisotopic (exact) mass is 429 g/mol. The van der Waals surface area contributed by atoms with Crippen LogP contribution in [0.3, 0.4) is 0 Å². The molecule has 0 unspecified atom stereocenters. The third kappa shape index (κ3) is 6.13. The number of benzene rings is 2. The Morgan fingerprint density at radius 2 is 1.77 bits per heavy atom. The van der Waals surface area contributed by atoms with E-state index in [0.29, 0.717) is 50.7 Å². The van der Waals surface area contributed by atoms with Gasteiger partial charge in [0, 0.05) is 43.3 Å². The van der Waals surface area contributed by atoms with Gasteiger partial charge >= 0.3 is 6.03 Å². The Morgan fingerprint density at radius 3 is 2.47 bits per heavy atom. The summed E-state index contributed by atoms with van der Waals surface area (Å²) in [4.78, 5) is 28.5. The molecule has 1 N–H and O–H groups in total. The smallest absolute Gasteiger partial charge is 0.321 e. The van der Waals surface area contributed by atoms with E-state index in [4.69, 9.17) is 16.3 Å². The van der Waals surface area contributed by atoms with Crippen molar-refractivity contribution in [2.24, 2.45) is 0 Å². The van der Waals surface area contributed by atoms with Crippen molar-refractivity contribution in [2.45, 2.75) is 26.7 Å². The van der Waals surface area contributed by atoms with E-state index in [1.54, 1.807) is 11.0 Å². The van der Waals surface area contributed by atoms with Gasteiger partial charge in [-0.15, -0.1) is 0 Å². The largest absolute Gasteiger partial charge is 0.493 e. The third-order valence-corrected chi connectivity index (χ3v) is 5.35. The van der Waals surface area contributed by atoms with E-state index in [1.165, 1.54) is 0 Å². The minimum atomic E-state index is -0.126. The van der Waals surface area contributed by atoms with Gasteiger partial charge in [0.25, 0.3) is 0 Å². The molecule has 1 fully saturated rings. The number of nitrogens with one attached hydrogen (secondary N) is 1. The first-order chi connectivity index (χ1) is 14.4. The van der Waals surface area contributed by atoms with Crippen LogP contribution in [0.15, 0.2) is 42.5 Å². The van der Waals surface area contributed by atoms with E-state index in [-0.39, 0.29) is 11.9 Å². The van der Waals surface area contributed by atoms with Crippen LogP contribution in [0.1, 0.15) is 24.0 Å². The molecule has 6 nitrogen and oxygen atoms in total. The summed E-state index contributed by atoms with van der Waals surface area (Å²) < 4.78 is 5.75. The maximum atomic E-state index is 12.5. The van der Waals surface area contributed by atoms with Crippen molar-refractivity contribution in [1.29, 1.82) is 0 Å². The van der Waals surface area contributed by atoms with Crippen LogP contribution in [0.2, 0.25) is 5.02 Å². The van der Waals surface area contributed by atoms with Gasteiger partial charge in [-0.25, -0.2) is 4.79 Å². The Hall–Kier alpha value is -2.73.